The van der Waals surface area contributed by atoms with Crippen molar-refractivity contribution in [3.05, 3.63) is 41.2 Å². The minimum Gasteiger partial charge on any atom is -0.381 e. The highest BCUT2D eigenvalue weighted by Gasteiger charge is 2.54. The van der Waals surface area contributed by atoms with Crippen molar-refractivity contribution in [2.75, 3.05) is 26.3 Å². The second kappa shape index (κ2) is 10.8. The van der Waals surface area contributed by atoms with E-state index >= 15 is 4.39 Å². The van der Waals surface area contributed by atoms with Crippen LogP contribution >= 0.6 is 0 Å². The number of hydrogen-bond acceptors (Lipinski definition) is 6. The summed E-state index contributed by atoms with van der Waals surface area (Å²) in [6.45, 7) is 0.337. The quantitative estimate of drug-likeness (QED) is 0.374. The average Bonchev–Trinajstić information content (AvgIpc) is 3.54. The van der Waals surface area contributed by atoms with E-state index in [1.165, 1.54) is 23.0 Å². The van der Waals surface area contributed by atoms with Crippen molar-refractivity contribution in [3.8, 4) is 0 Å². The van der Waals surface area contributed by atoms with E-state index < -0.39 is 76.9 Å². The number of aromatic amines is 1. The number of H-pyrrole nitrogens is 1. The Morgan fingerprint density at radius 3 is 2.34 bits per heavy atom. The fraction of sp³-hybridized carbons (Fsp3) is 0.607. The van der Waals surface area contributed by atoms with Gasteiger partial charge in [0.2, 0.25) is 21.9 Å². The summed E-state index contributed by atoms with van der Waals surface area (Å²) in [6.07, 6.45) is 0.454. The predicted octanol–water partition coefficient (Wildman–Crippen LogP) is 4.11. The summed E-state index contributed by atoms with van der Waals surface area (Å²) < 4.78 is 108. The zero-order valence-electron chi connectivity index (χ0n) is 24.2. The molecule has 3 aliphatic rings. The monoisotopic (exact) mass is 644 g/mol. The fourth-order valence-electron chi connectivity index (χ4n) is 6.60. The Kier molecular flexibility index (Phi) is 7.55. The Hall–Kier alpha value is -3.11. The van der Waals surface area contributed by atoms with E-state index in [4.69, 9.17) is 4.74 Å². The van der Waals surface area contributed by atoms with Crippen molar-refractivity contribution < 1.29 is 39.9 Å². The van der Waals surface area contributed by atoms with Gasteiger partial charge < -0.3 is 14.6 Å². The highest BCUT2D eigenvalue weighted by molar-refractivity contribution is 7.89. The molecule has 1 saturated carbocycles. The van der Waals surface area contributed by atoms with Crippen LogP contribution in [0, 0.1) is 18.7 Å². The van der Waals surface area contributed by atoms with Crippen LogP contribution in [0.5, 0.6) is 0 Å². The molecule has 1 amide bonds. The number of carbonyl (C=O) groups excluding carboxylic acids is 1. The molecule has 1 atom stereocenters. The third-order valence-corrected chi connectivity index (χ3v) is 10.8. The van der Waals surface area contributed by atoms with Gasteiger partial charge in [0.15, 0.2) is 5.82 Å². The van der Waals surface area contributed by atoms with E-state index in [-0.39, 0.29) is 66.2 Å². The first-order valence-electron chi connectivity index (χ1n) is 14.4. The van der Waals surface area contributed by atoms with E-state index in [2.05, 4.69) is 19.8 Å². The van der Waals surface area contributed by atoms with E-state index in [0.717, 1.165) is 4.90 Å². The third kappa shape index (κ3) is 5.38. The topological polar surface area (TPSA) is 122 Å². The van der Waals surface area contributed by atoms with Gasteiger partial charge in [-0.2, -0.15) is 5.10 Å². The maximum absolute atomic E-state index is 16.4. The number of ether oxygens (including phenoxy) is 1. The van der Waals surface area contributed by atoms with Crippen LogP contribution in [0.2, 0.25) is 0 Å². The zero-order chi connectivity index (χ0) is 31.7. The molecule has 0 spiro atoms. The first-order valence-corrected chi connectivity index (χ1v) is 15.9. The van der Waals surface area contributed by atoms with E-state index in [0.29, 0.717) is 5.69 Å². The van der Waals surface area contributed by atoms with E-state index in [1.54, 1.807) is 14.0 Å². The van der Waals surface area contributed by atoms with E-state index in [9.17, 15) is 30.8 Å². The number of alkyl halides is 4. The number of aromatic nitrogens is 4. The summed E-state index contributed by atoms with van der Waals surface area (Å²) in [5.74, 6) is -7.87. The van der Waals surface area contributed by atoms with Gasteiger partial charge in [-0.15, -0.1) is 0 Å². The maximum Gasteiger partial charge on any atom is 0.282 e. The summed E-state index contributed by atoms with van der Waals surface area (Å²) in [4.78, 5) is 21.9. The average molecular weight is 645 g/mol. The largest absolute Gasteiger partial charge is 0.381 e. The minimum absolute atomic E-state index is 0.00489. The molecule has 44 heavy (non-hydrogen) atoms. The van der Waals surface area contributed by atoms with Crippen LogP contribution < -0.4 is 4.72 Å². The molecule has 2 aromatic heterocycles. The number of fused-ring (bicyclic) bond motifs is 1. The molecule has 0 bridgehead atoms. The van der Waals surface area contributed by atoms with Crippen molar-refractivity contribution in [2.45, 2.75) is 73.6 Å². The molecule has 10 nitrogen and oxygen atoms in total. The second-order valence-corrected chi connectivity index (χ2v) is 13.8. The van der Waals surface area contributed by atoms with Gasteiger partial charge in [-0.3, -0.25) is 9.48 Å². The Bertz CT molecular complexity index is 1680. The number of rotatable bonds is 7. The van der Waals surface area contributed by atoms with Gasteiger partial charge in [-0.25, -0.2) is 40.1 Å². The molecule has 2 saturated heterocycles. The number of carbonyl (C=O) groups is 1. The Morgan fingerprint density at radius 2 is 1.75 bits per heavy atom. The van der Waals surface area contributed by atoms with Crippen LogP contribution in [0.3, 0.4) is 0 Å². The van der Waals surface area contributed by atoms with Gasteiger partial charge in [0.1, 0.15) is 16.2 Å². The lowest BCUT2D eigenvalue weighted by molar-refractivity contribution is -0.174. The van der Waals surface area contributed by atoms with Crippen molar-refractivity contribution in [1.82, 2.24) is 29.4 Å². The lowest BCUT2D eigenvalue weighted by atomic mass is 9.72. The van der Waals surface area contributed by atoms with Crippen LogP contribution in [-0.4, -0.2) is 77.1 Å². The van der Waals surface area contributed by atoms with Crippen LogP contribution in [-0.2, 0) is 32.0 Å². The fourth-order valence-corrected chi connectivity index (χ4v) is 8.07. The molecule has 1 unspecified atom stereocenters. The number of hydrogen-bond donors (Lipinski definition) is 2. The molecule has 0 radical (unpaired) electrons. The Morgan fingerprint density at radius 1 is 1.09 bits per heavy atom. The summed E-state index contributed by atoms with van der Waals surface area (Å²) in [6, 6.07) is 1.82. The summed E-state index contributed by atoms with van der Waals surface area (Å²) in [5.41, 5.74) is -1.06. The predicted molar refractivity (Wildman–Crippen MR) is 147 cm³/mol. The number of likely N-dealkylation sites (tertiary alicyclic amines) is 1. The molecule has 1 aromatic carbocycles. The molecule has 240 valence electrons. The Balaban J connectivity index is 1.39. The second-order valence-electron chi connectivity index (χ2n) is 12.2. The molecule has 3 aromatic rings. The van der Waals surface area contributed by atoms with Crippen LogP contribution in [0.4, 0.5) is 22.0 Å². The number of halogens is 5. The molecule has 6 rings (SSSR count). The summed E-state index contributed by atoms with van der Waals surface area (Å²) in [5, 5.41) is 3.99. The van der Waals surface area contributed by atoms with Gasteiger partial charge in [0.25, 0.3) is 5.92 Å². The first kappa shape index (κ1) is 30.9. The highest BCUT2D eigenvalue weighted by Crippen LogP contribution is 2.44. The van der Waals surface area contributed by atoms with Gasteiger partial charge in [-0.1, -0.05) is 6.07 Å². The molecule has 4 heterocycles. The van der Waals surface area contributed by atoms with Crippen molar-refractivity contribution >= 4 is 27.0 Å². The smallest absolute Gasteiger partial charge is 0.282 e. The van der Waals surface area contributed by atoms with Crippen LogP contribution in [0.15, 0.2) is 23.2 Å². The van der Waals surface area contributed by atoms with Crippen molar-refractivity contribution in [2.24, 2.45) is 13.0 Å². The number of aryl methyl sites for hydroxylation is 1. The van der Waals surface area contributed by atoms with Crippen molar-refractivity contribution in [3.63, 3.8) is 0 Å². The first-order chi connectivity index (χ1) is 20.6. The SMILES string of the molecule is Cc1c(S(=O)(=O)NC(c2nc3c(F)c(C4(C(=O)N5CC(F)(F)C5)CCOCC4)ccc3[nH]2)C2CCC(F)(F)CC2)cnn1C. The molecular weight excluding hydrogens is 611 g/mol. The van der Waals surface area contributed by atoms with E-state index in [1.807, 2.05) is 0 Å². The van der Waals surface area contributed by atoms with Crippen molar-refractivity contribution in [1.29, 1.82) is 0 Å². The number of nitrogens with one attached hydrogen (secondary N) is 2. The zero-order valence-corrected chi connectivity index (χ0v) is 25.0. The lowest BCUT2D eigenvalue weighted by Crippen LogP contribution is -2.63. The molecule has 2 aliphatic heterocycles. The van der Waals surface area contributed by atoms with Gasteiger partial charge in [-0.05, 0) is 44.6 Å². The number of amides is 1. The molecule has 2 N–H and O–H groups in total. The maximum atomic E-state index is 16.4. The highest BCUT2D eigenvalue weighted by atomic mass is 32.2. The summed E-state index contributed by atoms with van der Waals surface area (Å²) >= 11 is 0. The number of imidazole rings is 1. The van der Waals surface area contributed by atoms with Gasteiger partial charge in [0.05, 0.1) is 42.0 Å². The minimum atomic E-state index is -4.20. The summed E-state index contributed by atoms with van der Waals surface area (Å²) in [7, 11) is -2.62. The van der Waals surface area contributed by atoms with Gasteiger partial charge in [0, 0.05) is 38.7 Å². The third-order valence-electron chi connectivity index (χ3n) is 9.30. The van der Waals surface area contributed by atoms with Crippen LogP contribution in [0.1, 0.15) is 61.6 Å². The number of benzene rings is 1. The standard InChI is InChI=1S/C28H33F5N6O4S/c1-16-20(13-34-38(16)2)44(41,42)37-22(17-5-7-27(30,31)8-6-17)24-35-19-4-3-18(21(29)23(19)36-24)26(9-11-43-12-10-26)25(40)39-14-28(32,33)15-39/h3-4,13,17,22,37H,5-12,14-15H2,1-2H3,(H,35,36). The molecule has 1 aliphatic carbocycles. The Labute approximate surface area is 250 Å². The molecule has 16 heteroatoms. The molecular formula is C28H33F5N6O4S. The molecule has 3 fully saturated rings. The number of nitrogens with zero attached hydrogens (tertiary/aromatic N) is 4. The van der Waals surface area contributed by atoms with Gasteiger partial charge >= 0.3 is 0 Å². The van der Waals surface area contributed by atoms with Crippen LogP contribution in [0.25, 0.3) is 11.0 Å². The normalized spacial score (nSPS) is 22.6. The lowest BCUT2D eigenvalue weighted by Gasteiger charge is -2.46. The number of sulfonamides is 1.